The number of aliphatic hydroxyl groups excluding tert-OH is 1. The third-order valence-corrected chi connectivity index (χ3v) is 8.05. The monoisotopic (exact) mass is 537 g/mol. The number of carbonyl (C=O) groups is 1. The van der Waals surface area contributed by atoms with Crippen LogP contribution in [-0.4, -0.2) is 48.1 Å². The Morgan fingerprint density at radius 2 is 1.32 bits per heavy atom. The Kier molecular flexibility index (Phi) is 21.1. The summed E-state index contributed by atoms with van der Waals surface area (Å²) in [6, 6.07) is -0.352. The van der Waals surface area contributed by atoms with Gasteiger partial charge in [-0.05, 0) is 32.6 Å². The van der Waals surface area contributed by atoms with Gasteiger partial charge in [-0.25, -0.2) is 0 Å². The fourth-order valence-electron chi connectivity index (χ4n) is 5.56. The molecule has 0 aromatic rings. The summed E-state index contributed by atoms with van der Waals surface area (Å²) in [6.07, 6.45) is 21.9. The van der Waals surface area contributed by atoms with Crippen molar-refractivity contribution >= 4 is 5.91 Å². The van der Waals surface area contributed by atoms with E-state index in [0.29, 0.717) is 13.0 Å². The summed E-state index contributed by atoms with van der Waals surface area (Å²) in [7, 11) is 0. The maximum absolute atomic E-state index is 12.9. The predicted molar refractivity (Wildman–Crippen MR) is 161 cm³/mol. The molecule has 5 heteroatoms. The Balaban J connectivity index is 2.37. The zero-order chi connectivity index (χ0) is 28.0. The Labute approximate surface area is 235 Å². The third-order valence-electron chi connectivity index (χ3n) is 8.05. The molecule has 0 spiro atoms. The van der Waals surface area contributed by atoms with Crippen LogP contribution in [0.5, 0.6) is 0 Å². The molecule has 0 aromatic heterocycles. The molecule has 38 heavy (non-hydrogen) atoms. The van der Waals surface area contributed by atoms with Crippen LogP contribution in [0.1, 0.15) is 156 Å². The highest BCUT2D eigenvalue weighted by atomic mass is 16.5. The lowest BCUT2D eigenvalue weighted by Crippen LogP contribution is -2.63. The molecular weight excluding hydrogens is 474 g/mol. The van der Waals surface area contributed by atoms with Crippen molar-refractivity contribution in [2.24, 2.45) is 0 Å². The van der Waals surface area contributed by atoms with Crippen molar-refractivity contribution in [3.05, 3.63) is 12.2 Å². The number of unbranched alkanes of at least 4 members (excludes halogenated alkanes) is 15. The van der Waals surface area contributed by atoms with Crippen LogP contribution < -0.4 is 5.32 Å². The molecular formula is C33H63NO4. The van der Waals surface area contributed by atoms with Crippen LogP contribution in [0.25, 0.3) is 0 Å². The van der Waals surface area contributed by atoms with E-state index in [4.69, 9.17) is 9.47 Å². The Morgan fingerprint density at radius 1 is 0.816 bits per heavy atom. The van der Waals surface area contributed by atoms with Crippen LogP contribution in [0, 0.1) is 0 Å². The second kappa shape index (κ2) is 22.9. The molecule has 1 amide bonds. The summed E-state index contributed by atoms with van der Waals surface area (Å²) in [5, 5.41) is 14.1. The average molecular weight is 538 g/mol. The van der Waals surface area contributed by atoms with Crippen molar-refractivity contribution in [2.45, 2.75) is 187 Å². The van der Waals surface area contributed by atoms with Gasteiger partial charge in [0.05, 0.1) is 18.2 Å². The number of amides is 1. The second-order valence-electron chi connectivity index (χ2n) is 11.7. The van der Waals surface area contributed by atoms with Crippen molar-refractivity contribution in [2.75, 3.05) is 6.61 Å². The second-order valence-corrected chi connectivity index (χ2v) is 11.7. The molecule has 0 saturated carbocycles. The molecule has 224 valence electrons. The van der Waals surface area contributed by atoms with E-state index in [9.17, 15) is 9.90 Å². The summed E-state index contributed by atoms with van der Waals surface area (Å²) in [4.78, 5) is 12.9. The van der Waals surface area contributed by atoms with E-state index >= 15 is 0 Å². The van der Waals surface area contributed by atoms with Gasteiger partial charge in [-0.15, -0.1) is 0 Å². The molecule has 1 saturated heterocycles. The molecule has 0 aromatic carbocycles. The first-order valence-corrected chi connectivity index (χ1v) is 16.4. The van der Waals surface area contributed by atoms with Gasteiger partial charge in [0.2, 0.25) is 5.91 Å². The van der Waals surface area contributed by atoms with Gasteiger partial charge >= 0.3 is 0 Å². The minimum atomic E-state index is -0.735. The van der Waals surface area contributed by atoms with E-state index in [0.717, 1.165) is 37.7 Å². The highest BCUT2D eigenvalue weighted by molar-refractivity contribution is 5.78. The smallest absolute Gasteiger partial charge is 0.224 e. The van der Waals surface area contributed by atoms with E-state index in [2.05, 4.69) is 25.7 Å². The normalized spacial score (nSPS) is 23.4. The third kappa shape index (κ3) is 15.6. The highest BCUT2D eigenvalue weighted by Gasteiger charge is 2.44. The number of nitrogens with one attached hydrogen (secondary N) is 1. The van der Waals surface area contributed by atoms with Gasteiger partial charge in [0.1, 0.15) is 12.2 Å². The first-order chi connectivity index (χ1) is 18.4. The van der Waals surface area contributed by atoms with E-state index < -0.39 is 12.2 Å². The van der Waals surface area contributed by atoms with E-state index in [-0.39, 0.29) is 24.2 Å². The molecule has 5 unspecified atom stereocenters. The Bertz CT molecular complexity index is 596. The minimum Gasteiger partial charge on any atom is -0.388 e. The van der Waals surface area contributed by atoms with Gasteiger partial charge in [-0.3, -0.25) is 4.79 Å². The zero-order valence-electron chi connectivity index (χ0n) is 25.6. The first-order valence-electron chi connectivity index (χ1n) is 16.4. The molecule has 1 fully saturated rings. The largest absolute Gasteiger partial charge is 0.388 e. The number of carbonyl (C=O) groups excluding carboxylic acids is 1. The molecule has 0 aliphatic carbocycles. The van der Waals surface area contributed by atoms with Crippen LogP contribution in [0.4, 0.5) is 0 Å². The molecule has 2 N–H and O–H groups in total. The highest BCUT2D eigenvalue weighted by Crippen LogP contribution is 2.26. The van der Waals surface area contributed by atoms with Crippen molar-refractivity contribution in [3.63, 3.8) is 0 Å². The van der Waals surface area contributed by atoms with Crippen molar-refractivity contribution in [3.8, 4) is 0 Å². The number of hydrogen-bond donors (Lipinski definition) is 2. The van der Waals surface area contributed by atoms with Gasteiger partial charge in [0.25, 0.3) is 0 Å². The number of ether oxygens (including phenoxy) is 2. The first kappa shape index (κ1) is 35.1. The number of hydrogen-bond acceptors (Lipinski definition) is 4. The quantitative estimate of drug-likeness (QED) is 0.0957. The van der Waals surface area contributed by atoms with Crippen molar-refractivity contribution in [1.82, 2.24) is 5.32 Å². The van der Waals surface area contributed by atoms with E-state index in [1.807, 2.05) is 13.8 Å². The molecule has 1 aliphatic heterocycles. The van der Waals surface area contributed by atoms with E-state index in [1.54, 1.807) is 0 Å². The molecule has 1 aliphatic rings. The maximum atomic E-state index is 12.9. The fraction of sp³-hybridized carbons (Fsp3) is 0.909. The van der Waals surface area contributed by atoms with Crippen LogP contribution in [0.3, 0.4) is 0 Å². The van der Waals surface area contributed by atoms with Crippen LogP contribution in [0.15, 0.2) is 12.2 Å². The topological polar surface area (TPSA) is 67.8 Å². The Hall–Kier alpha value is -0.910. The molecule has 5 nitrogen and oxygen atoms in total. The van der Waals surface area contributed by atoms with Gasteiger partial charge in [0.15, 0.2) is 0 Å². The summed E-state index contributed by atoms with van der Waals surface area (Å²) < 4.78 is 12.3. The molecule has 5 atom stereocenters. The van der Waals surface area contributed by atoms with Gasteiger partial charge in [0, 0.05) is 13.0 Å². The average Bonchev–Trinajstić information content (AvgIpc) is 2.89. The summed E-state index contributed by atoms with van der Waals surface area (Å²) in [6.45, 7) is 13.3. The van der Waals surface area contributed by atoms with Crippen molar-refractivity contribution < 1.29 is 19.4 Å². The molecule has 0 radical (unpaired) electrons. The lowest BCUT2D eigenvalue weighted by atomic mass is 9.91. The summed E-state index contributed by atoms with van der Waals surface area (Å²) in [5.74, 6) is -0.0470. The molecule has 1 rings (SSSR count). The van der Waals surface area contributed by atoms with Crippen LogP contribution in [-0.2, 0) is 14.3 Å². The zero-order valence-corrected chi connectivity index (χ0v) is 25.6. The van der Waals surface area contributed by atoms with Crippen LogP contribution >= 0.6 is 0 Å². The lowest BCUT2D eigenvalue weighted by molar-refractivity contribution is -0.196. The van der Waals surface area contributed by atoms with Crippen molar-refractivity contribution in [1.29, 1.82) is 0 Å². The summed E-state index contributed by atoms with van der Waals surface area (Å²) in [5.41, 5.74) is 0.984. The maximum Gasteiger partial charge on any atom is 0.224 e. The standard InChI is InChI=1S/C33H63NO4/c1-6-9-11-13-15-17-18-20-22-24-27(4)26-30(35)34-31-28(5)38-29(8-3)32(36)33(31)37-25-23-21-19-16-14-12-10-7-2/h28-29,31-33,36H,4,6-26H2,1-3,5H3,(H,34,35). The lowest BCUT2D eigenvalue weighted by Gasteiger charge is -2.44. The fourth-order valence-corrected chi connectivity index (χ4v) is 5.56. The number of aliphatic hydroxyl groups is 1. The molecule has 0 bridgehead atoms. The minimum absolute atomic E-state index is 0.0470. The Morgan fingerprint density at radius 3 is 1.84 bits per heavy atom. The number of rotatable bonds is 24. The summed E-state index contributed by atoms with van der Waals surface area (Å²) >= 11 is 0. The van der Waals surface area contributed by atoms with Gasteiger partial charge in [-0.1, -0.05) is 129 Å². The van der Waals surface area contributed by atoms with Gasteiger partial charge < -0.3 is 19.9 Å². The van der Waals surface area contributed by atoms with Crippen LogP contribution in [0.2, 0.25) is 0 Å². The predicted octanol–water partition coefficient (Wildman–Crippen LogP) is 8.42. The van der Waals surface area contributed by atoms with E-state index in [1.165, 1.54) is 89.9 Å². The molecule has 1 heterocycles. The van der Waals surface area contributed by atoms with Gasteiger partial charge in [-0.2, -0.15) is 0 Å². The SMILES string of the molecule is C=C(CCCCCCCCCCC)CC(=O)NC1C(C)OC(CC)C(O)C1OCCCCCCCCCC.